The number of aromatic amines is 1. The fourth-order valence-electron chi connectivity index (χ4n) is 2.62. The number of H-pyrrole nitrogens is 1. The van der Waals surface area contributed by atoms with Crippen molar-refractivity contribution in [1.82, 2.24) is 9.97 Å². The van der Waals surface area contributed by atoms with Gasteiger partial charge in [0.2, 0.25) is 0 Å². The molecule has 98 valence electrons. The summed E-state index contributed by atoms with van der Waals surface area (Å²) in [5, 5.41) is 0. The topological polar surface area (TPSA) is 63.9 Å². The summed E-state index contributed by atoms with van der Waals surface area (Å²) in [6.45, 7) is 0.830. The molecule has 1 aliphatic heterocycles. The van der Waals surface area contributed by atoms with Crippen molar-refractivity contribution in [3.05, 3.63) is 35.8 Å². The molecule has 0 unspecified atom stereocenters. The molecule has 2 aliphatic rings. The summed E-state index contributed by atoms with van der Waals surface area (Å²) < 4.78 is 5.64. The van der Waals surface area contributed by atoms with Crippen molar-refractivity contribution in [3.63, 3.8) is 0 Å². The van der Waals surface area contributed by atoms with Crippen molar-refractivity contribution in [2.45, 2.75) is 31.2 Å². The first-order valence-corrected chi connectivity index (χ1v) is 6.85. The number of rotatable bonds is 2. The lowest BCUT2D eigenvalue weighted by atomic mass is 10.0. The Hall–Kier alpha value is -1.81. The molecule has 4 nitrogen and oxygen atoms in total. The number of benzene rings is 1. The van der Waals surface area contributed by atoms with Crippen LogP contribution in [0.3, 0.4) is 0 Å². The summed E-state index contributed by atoms with van der Waals surface area (Å²) in [4.78, 5) is 7.79. The average Bonchev–Trinajstić information content (AvgIpc) is 3.02. The molecule has 2 heterocycles. The summed E-state index contributed by atoms with van der Waals surface area (Å²) in [7, 11) is 0. The van der Waals surface area contributed by atoms with Gasteiger partial charge in [-0.15, -0.1) is 0 Å². The van der Waals surface area contributed by atoms with Gasteiger partial charge in [0.15, 0.2) is 0 Å². The maximum absolute atomic E-state index is 6.16. The molecule has 0 spiro atoms. The standard InChI is InChI=1S/C15H17N3O/c16-15(5-6-15)14-17-9-12(18-14)10-3-4-13-11(8-10)2-1-7-19-13/h3-4,8-9H,1-2,5-7,16H2,(H,17,18). The molecule has 19 heavy (non-hydrogen) atoms. The van der Waals surface area contributed by atoms with Gasteiger partial charge in [-0.3, -0.25) is 0 Å². The second kappa shape index (κ2) is 3.84. The van der Waals surface area contributed by atoms with E-state index in [1.807, 2.05) is 6.20 Å². The third-order valence-electron chi connectivity index (χ3n) is 4.06. The number of ether oxygens (including phenoxy) is 1. The summed E-state index contributed by atoms with van der Waals surface area (Å²) in [5.74, 6) is 1.93. The van der Waals surface area contributed by atoms with E-state index in [9.17, 15) is 0 Å². The second-order valence-corrected chi connectivity index (χ2v) is 5.58. The first-order chi connectivity index (χ1) is 9.24. The molecular formula is C15H17N3O. The van der Waals surface area contributed by atoms with Gasteiger partial charge in [0.05, 0.1) is 24.0 Å². The van der Waals surface area contributed by atoms with Crippen LogP contribution in [0.2, 0.25) is 0 Å². The smallest absolute Gasteiger partial charge is 0.126 e. The Bertz CT molecular complexity index is 628. The molecule has 0 amide bonds. The number of hydrogen-bond donors (Lipinski definition) is 2. The maximum atomic E-state index is 6.16. The van der Waals surface area contributed by atoms with Crippen LogP contribution < -0.4 is 10.5 Å². The van der Waals surface area contributed by atoms with Gasteiger partial charge in [-0.2, -0.15) is 0 Å². The fourth-order valence-corrected chi connectivity index (χ4v) is 2.62. The zero-order chi connectivity index (χ0) is 12.9. The molecule has 1 saturated carbocycles. The summed E-state index contributed by atoms with van der Waals surface area (Å²) in [5.41, 5.74) is 9.44. The predicted molar refractivity (Wildman–Crippen MR) is 72.9 cm³/mol. The van der Waals surface area contributed by atoms with E-state index in [1.54, 1.807) is 0 Å². The molecule has 0 bridgehead atoms. The van der Waals surface area contributed by atoms with Gasteiger partial charge in [0, 0.05) is 5.56 Å². The second-order valence-electron chi connectivity index (χ2n) is 5.58. The molecule has 4 rings (SSSR count). The Morgan fingerprint density at radius 1 is 1.32 bits per heavy atom. The summed E-state index contributed by atoms with van der Waals surface area (Å²) >= 11 is 0. The zero-order valence-corrected chi connectivity index (χ0v) is 10.8. The molecule has 1 aliphatic carbocycles. The van der Waals surface area contributed by atoms with Crippen LogP contribution in [0.15, 0.2) is 24.4 Å². The summed E-state index contributed by atoms with van der Waals surface area (Å²) in [6, 6.07) is 6.33. The third kappa shape index (κ3) is 1.83. The van der Waals surface area contributed by atoms with E-state index >= 15 is 0 Å². The van der Waals surface area contributed by atoms with E-state index in [-0.39, 0.29) is 5.54 Å². The predicted octanol–water partition coefficient (Wildman–Crippen LogP) is 2.35. The molecule has 1 fully saturated rings. The van der Waals surface area contributed by atoms with Crippen molar-refractivity contribution in [2.75, 3.05) is 6.61 Å². The van der Waals surface area contributed by atoms with Crippen molar-refractivity contribution in [2.24, 2.45) is 5.73 Å². The Morgan fingerprint density at radius 3 is 3.05 bits per heavy atom. The van der Waals surface area contributed by atoms with E-state index in [0.717, 1.165) is 55.1 Å². The molecular weight excluding hydrogens is 238 g/mol. The maximum Gasteiger partial charge on any atom is 0.126 e. The lowest BCUT2D eigenvalue weighted by molar-refractivity contribution is 0.288. The lowest BCUT2D eigenvalue weighted by Gasteiger charge is -2.17. The largest absolute Gasteiger partial charge is 0.493 e. The number of imidazole rings is 1. The zero-order valence-electron chi connectivity index (χ0n) is 10.8. The number of nitrogens with one attached hydrogen (secondary N) is 1. The SMILES string of the molecule is NC1(c2ncc(-c3ccc4c(c3)CCCO4)[nH]2)CC1. The number of nitrogens with two attached hydrogens (primary N) is 1. The fraction of sp³-hybridized carbons (Fsp3) is 0.400. The lowest BCUT2D eigenvalue weighted by Crippen LogP contribution is -2.20. The first kappa shape index (κ1) is 11.1. The van der Waals surface area contributed by atoms with Crippen molar-refractivity contribution >= 4 is 0 Å². The Balaban J connectivity index is 1.70. The molecule has 0 saturated heterocycles. The van der Waals surface area contributed by atoms with Crippen LogP contribution in [-0.4, -0.2) is 16.6 Å². The van der Waals surface area contributed by atoms with E-state index in [1.165, 1.54) is 5.56 Å². The van der Waals surface area contributed by atoms with E-state index in [4.69, 9.17) is 10.5 Å². The quantitative estimate of drug-likeness (QED) is 0.865. The van der Waals surface area contributed by atoms with Crippen LogP contribution in [0, 0.1) is 0 Å². The Labute approximate surface area is 112 Å². The average molecular weight is 255 g/mol. The van der Waals surface area contributed by atoms with Crippen molar-refractivity contribution < 1.29 is 4.74 Å². The van der Waals surface area contributed by atoms with E-state index < -0.39 is 0 Å². The molecule has 1 aromatic heterocycles. The monoisotopic (exact) mass is 255 g/mol. The third-order valence-corrected chi connectivity index (χ3v) is 4.06. The van der Waals surface area contributed by atoms with E-state index in [2.05, 4.69) is 28.2 Å². The highest BCUT2D eigenvalue weighted by Crippen LogP contribution is 2.41. The minimum absolute atomic E-state index is 0.199. The van der Waals surface area contributed by atoms with Gasteiger partial charge in [-0.25, -0.2) is 4.98 Å². The number of aromatic nitrogens is 2. The van der Waals surface area contributed by atoms with Crippen LogP contribution in [0.5, 0.6) is 5.75 Å². The number of aryl methyl sites for hydroxylation is 1. The molecule has 0 radical (unpaired) electrons. The Morgan fingerprint density at radius 2 is 2.21 bits per heavy atom. The van der Waals surface area contributed by atoms with Gasteiger partial charge < -0.3 is 15.5 Å². The normalized spacial score (nSPS) is 19.6. The molecule has 0 atom stereocenters. The number of nitrogens with zero attached hydrogens (tertiary/aromatic N) is 1. The highest BCUT2D eigenvalue weighted by molar-refractivity contribution is 5.62. The van der Waals surface area contributed by atoms with Crippen LogP contribution in [-0.2, 0) is 12.0 Å². The molecule has 1 aromatic carbocycles. The minimum atomic E-state index is -0.199. The minimum Gasteiger partial charge on any atom is -0.493 e. The Kier molecular flexibility index (Phi) is 2.23. The van der Waals surface area contributed by atoms with Crippen molar-refractivity contribution in [3.8, 4) is 17.0 Å². The van der Waals surface area contributed by atoms with Gasteiger partial charge >= 0.3 is 0 Å². The van der Waals surface area contributed by atoms with Gasteiger partial charge in [0.1, 0.15) is 11.6 Å². The van der Waals surface area contributed by atoms with Crippen LogP contribution in [0.4, 0.5) is 0 Å². The van der Waals surface area contributed by atoms with Gasteiger partial charge in [-0.1, -0.05) is 0 Å². The highest BCUT2D eigenvalue weighted by Gasteiger charge is 2.42. The first-order valence-electron chi connectivity index (χ1n) is 6.85. The molecule has 3 N–H and O–H groups in total. The van der Waals surface area contributed by atoms with Crippen molar-refractivity contribution in [1.29, 1.82) is 0 Å². The van der Waals surface area contributed by atoms with Gasteiger partial charge in [0.25, 0.3) is 0 Å². The van der Waals surface area contributed by atoms with Crippen LogP contribution >= 0.6 is 0 Å². The van der Waals surface area contributed by atoms with E-state index in [0.29, 0.717) is 0 Å². The summed E-state index contributed by atoms with van der Waals surface area (Å²) in [6.07, 6.45) is 6.12. The van der Waals surface area contributed by atoms with Crippen LogP contribution in [0.1, 0.15) is 30.7 Å². The van der Waals surface area contributed by atoms with Crippen LogP contribution in [0.25, 0.3) is 11.3 Å². The molecule has 2 aromatic rings. The highest BCUT2D eigenvalue weighted by atomic mass is 16.5. The molecule has 4 heteroatoms. The van der Waals surface area contributed by atoms with Gasteiger partial charge in [-0.05, 0) is 49.4 Å². The number of hydrogen-bond acceptors (Lipinski definition) is 3. The number of fused-ring (bicyclic) bond motifs is 1.